The lowest BCUT2D eigenvalue weighted by Gasteiger charge is -2.34. The van der Waals surface area contributed by atoms with Crippen LogP contribution in [0.25, 0.3) is 0 Å². The first kappa shape index (κ1) is 19.5. The first-order valence-electron chi connectivity index (χ1n) is 8.99. The van der Waals surface area contributed by atoms with E-state index in [2.05, 4.69) is 0 Å². The molecule has 1 N–H and O–H groups in total. The number of carbonyl (C=O) groups is 3. The topological polar surface area (TPSA) is 100 Å². The van der Waals surface area contributed by atoms with Gasteiger partial charge in [0.2, 0.25) is 5.91 Å². The average Bonchev–Trinajstić information content (AvgIpc) is 3.22. The zero-order valence-corrected chi connectivity index (χ0v) is 15.6. The van der Waals surface area contributed by atoms with E-state index in [-0.39, 0.29) is 23.1 Å². The van der Waals surface area contributed by atoms with Crippen LogP contribution < -0.4 is 4.74 Å². The molecule has 2 amide bonds. The molecule has 0 saturated carbocycles. The van der Waals surface area contributed by atoms with Crippen molar-refractivity contribution in [1.29, 1.82) is 0 Å². The van der Waals surface area contributed by atoms with E-state index < -0.39 is 5.97 Å². The van der Waals surface area contributed by atoms with Crippen molar-refractivity contribution < 1.29 is 28.6 Å². The summed E-state index contributed by atoms with van der Waals surface area (Å²) in [7, 11) is 1.61. The fraction of sp³-hybridized carbons (Fsp3) is 0.350. The van der Waals surface area contributed by atoms with E-state index in [0.717, 1.165) is 17.6 Å². The molecule has 1 aromatic carbocycles. The summed E-state index contributed by atoms with van der Waals surface area (Å²) in [6, 6.07) is 8.84. The Morgan fingerprint density at radius 2 is 1.71 bits per heavy atom. The number of hydrogen-bond donors (Lipinski definition) is 1. The lowest BCUT2D eigenvalue weighted by Crippen LogP contribution is -2.50. The lowest BCUT2D eigenvalue weighted by molar-refractivity contribution is -0.132. The third kappa shape index (κ3) is 4.51. The summed E-state index contributed by atoms with van der Waals surface area (Å²) >= 11 is 0. The molecule has 0 bridgehead atoms. The van der Waals surface area contributed by atoms with Gasteiger partial charge in [-0.3, -0.25) is 9.59 Å². The first-order chi connectivity index (χ1) is 13.5. The molecule has 148 valence electrons. The summed E-state index contributed by atoms with van der Waals surface area (Å²) in [6.07, 6.45) is 2.10. The van der Waals surface area contributed by atoms with Crippen molar-refractivity contribution >= 4 is 17.8 Å². The van der Waals surface area contributed by atoms with Crippen LogP contribution in [0.4, 0.5) is 0 Å². The third-order valence-corrected chi connectivity index (χ3v) is 4.76. The minimum absolute atomic E-state index is 0.00307. The Hall–Kier alpha value is -3.29. The van der Waals surface area contributed by atoms with Crippen LogP contribution in [-0.2, 0) is 11.2 Å². The Morgan fingerprint density at radius 3 is 2.29 bits per heavy atom. The standard InChI is InChI=1S/C20H22N2O6/c1-27-16-5-2-14(3-6-16)4-7-18(23)21-8-10-22(11-9-21)19(24)17-12-15(13-28-17)20(25)26/h2-3,5-6,12-13H,4,7-11H2,1H3,(H,25,26). The Kier molecular flexibility index (Phi) is 5.98. The number of aromatic carboxylic acids is 1. The summed E-state index contributed by atoms with van der Waals surface area (Å²) in [5.41, 5.74) is 1.01. The van der Waals surface area contributed by atoms with Crippen molar-refractivity contribution in [3.05, 3.63) is 53.5 Å². The molecule has 1 fully saturated rings. The summed E-state index contributed by atoms with van der Waals surface area (Å²) in [4.78, 5) is 39.0. The quantitative estimate of drug-likeness (QED) is 0.814. The van der Waals surface area contributed by atoms with Gasteiger partial charge in [-0.25, -0.2) is 4.79 Å². The molecule has 0 spiro atoms. The maximum atomic E-state index is 12.4. The van der Waals surface area contributed by atoms with E-state index in [9.17, 15) is 14.4 Å². The largest absolute Gasteiger partial charge is 0.497 e. The summed E-state index contributed by atoms with van der Waals surface area (Å²) in [5.74, 6) is -0.679. The molecule has 1 aliphatic rings. The SMILES string of the molecule is COc1ccc(CCC(=O)N2CCN(C(=O)c3cc(C(=O)O)co3)CC2)cc1. The highest BCUT2D eigenvalue weighted by Crippen LogP contribution is 2.15. The monoisotopic (exact) mass is 386 g/mol. The minimum atomic E-state index is -1.14. The number of ether oxygens (including phenoxy) is 1. The van der Waals surface area contributed by atoms with Crippen LogP contribution in [0.15, 0.2) is 41.0 Å². The Balaban J connectivity index is 1.47. The number of benzene rings is 1. The fourth-order valence-corrected chi connectivity index (χ4v) is 3.08. The van der Waals surface area contributed by atoms with E-state index in [1.54, 1.807) is 16.9 Å². The second-order valence-electron chi connectivity index (χ2n) is 6.53. The average molecular weight is 386 g/mol. The molecule has 28 heavy (non-hydrogen) atoms. The molecule has 0 radical (unpaired) electrons. The second kappa shape index (κ2) is 8.60. The smallest absolute Gasteiger partial charge is 0.338 e. The number of methoxy groups -OCH3 is 1. The van der Waals surface area contributed by atoms with Gasteiger partial charge in [-0.15, -0.1) is 0 Å². The van der Waals surface area contributed by atoms with E-state index in [1.807, 2.05) is 24.3 Å². The molecule has 8 nitrogen and oxygen atoms in total. The molecule has 1 saturated heterocycles. The number of carbonyl (C=O) groups excluding carboxylic acids is 2. The molecule has 2 heterocycles. The van der Waals surface area contributed by atoms with Crippen molar-refractivity contribution in [2.45, 2.75) is 12.8 Å². The van der Waals surface area contributed by atoms with E-state index in [4.69, 9.17) is 14.3 Å². The number of furan rings is 1. The Labute approximate surface area is 162 Å². The number of hydrogen-bond acceptors (Lipinski definition) is 5. The van der Waals surface area contributed by atoms with Crippen molar-refractivity contribution in [1.82, 2.24) is 9.80 Å². The van der Waals surface area contributed by atoms with Crippen molar-refractivity contribution in [2.75, 3.05) is 33.3 Å². The highest BCUT2D eigenvalue weighted by atomic mass is 16.5. The van der Waals surface area contributed by atoms with E-state index in [0.29, 0.717) is 39.0 Å². The van der Waals surface area contributed by atoms with Gasteiger partial charge in [0.15, 0.2) is 5.76 Å². The molecule has 8 heteroatoms. The summed E-state index contributed by atoms with van der Waals surface area (Å²) < 4.78 is 10.2. The van der Waals surface area contributed by atoms with Gasteiger partial charge in [-0.05, 0) is 24.1 Å². The predicted octanol–water partition coefficient (Wildman–Crippen LogP) is 1.90. The number of carboxylic acid groups (broad SMARTS) is 1. The molecule has 2 aromatic rings. The molecule has 0 atom stereocenters. The number of nitrogens with zero attached hydrogens (tertiary/aromatic N) is 2. The number of amides is 2. The van der Waals surface area contributed by atoms with Gasteiger partial charge in [0.05, 0.1) is 12.7 Å². The highest BCUT2D eigenvalue weighted by Gasteiger charge is 2.26. The normalized spacial score (nSPS) is 14.0. The molecule has 0 aliphatic carbocycles. The van der Waals surface area contributed by atoms with Crippen LogP contribution in [0.2, 0.25) is 0 Å². The minimum Gasteiger partial charge on any atom is -0.497 e. The Bertz CT molecular complexity index is 850. The maximum absolute atomic E-state index is 12.4. The molecule has 3 rings (SSSR count). The second-order valence-corrected chi connectivity index (χ2v) is 6.53. The van der Waals surface area contributed by atoms with E-state index >= 15 is 0 Å². The zero-order valence-electron chi connectivity index (χ0n) is 15.6. The summed E-state index contributed by atoms with van der Waals surface area (Å²) in [5, 5.41) is 8.91. The summed E-state index contributed by atoms with van der Waals surface area (Å²) in [6.45, 7) is 1.66. The number of piperazine rings is 1. The van der Waals surface area contributed by atoms with Crippen LogP contribution in [0.3, 0.4) is 0 Å². The molecular weight excluding hydrogens is 364 g/mol. The number of aryl methyl sites for hydroxylation is 1. The van der Waals surface area contributed by atoms with Crippen molar-refractivity contribution in [2.24, 2.45) is 0 Å². The molecule has 1 aliphatic heterocycles. The van der Waals surface area contributed by atoms with Gasteiger partial charge < -0.3 is 24.1 Å². The third-order valence-electron chi connectivity index (χ3n) is 4.76. The van der Waals surface area contributed by atoms with Gasteiger partial charge in [0.25, 0.3) is 5.91 Å². The van der Waals surface area contributed by atoms with Crippen LogP contribution in [-0.4, -0.2) is 66.0 Å². The van der Waals surface area contributed by atoms with Crippen LogP contribution in [0, 0.1) is 0 Å². The zero-order chi connectivity index (χ0) is 20.1. The fourth-order valence-electron chi connectivity index (χ4n) is 3.08. The Morgan fingerprint density at radius 1 is 1.07 bits per heavy atom. The van der Waals surface area contributed by atoms with E-state index in [1.165, 1.54) is 6.07 Å². The van der Waals surface area contributed by atoms with Gasteiger partial charge in [-0.1, -0.05) is 12.1 Å². The van der Waals surface area contributed by atoms with Crippen molar-refractivity contribution in [3.8, 4) is 5.75 Å². The lowest BCUT2D eigenvalue weighted by atomic mass is 10.1. The molecule has 0 unspecified atom stereocenters. The highest BCUT2D eigenvalue weighted by molar-refractivity contribution is 5.95. The molecule has 1 aromatic heterocycles. The molecular formula is C20H22N2O6. The van der Waals surface area contributed by atoms with Gasteiger partial charge >= 0.3 is 5.97 Å². The first-order valence-corrected chi connectivity index (χ1v) is 8.99. The van der Waals surface area contributed by atoms with Crippen LogP contribution >= 0.6 is 0 Å². The number of carboxylic acids is 1. The van der Waals surface area contributed by atoms with Gasteiger partial charge in [0, 0.05) is 38.7 Å². The van der Waals surface area contributed by atoms with Gasteiger partial charge in [-0.2, -0.15) is 0 Å². The van der Waals surface area contributed by atoms with Crippen molar-refractivity contribution in [3.63, 3.8) is 0 Å². The van der Waals surface area contributed by atoms with Crippen LogP contribution in [0.5, 0.6) is 5.75 Å². The predicted molar refractivity (Wildman–Crippen MR) is 99.5 cm³/mol. The maximum Gasteiger partial charge on any atom is 0.338 e. The van der Waals surface area contributed by atoms with Gasteiger partial charge in [0.1, 0.15) is 12.0 Å². The number of rotatable bonds is 6. The van der Waals surface area contributed by atoms with Crippen LogP contribution in [0.1, 0.15) is 32.9 Å².